The average Bonchev–Trinajstić information content (AvgIpc) is 3.25. The first kappa shape index (κ1) is 14.8. The van der Waals surface area contributed by atoms with Crippen molar-refractivity contribution in [3.8, 4) is 5.75 Å². The Morgan fingerprint density at radius 2 is 2.30 bits per heavy atom. The largest absolute Gasteiger partial charge is 0.491 e. The van der Waals surface area contributed by atoms with E-state index in [4.69, 9.17) is 4.74 Å². The molecule has 2 rings (SSSR count). The van der Waals surface area contributed by atoms with Gasteiger partial charge in [-0.15, -0.1) is 0 Å². The van der Waals surface area contributed by atoms with Gasteiger partial charge >= 0.3 is 0 Å². The molecule has 5 nitrogen and oxygen atoms in total. The standard InChI is InChI=1S/C15H22N2O3/c1-11-3-2-4-14(7-11)20-10-13(18)8-17-15(19)9-16-12-5-6-12/h2-4,7,12-13,16,18H,5-6,8-10H2,1H3,(H,17,19). The predicted octanol–water partition coefficient (Wildman–Crippen LogP) is 0.603. The molecule has 0 radical (unpaired) electrons. The summed E-state index contributed by atoms with van der Waals surface area (Å²) in [4.78, 5) is 11.5. The van der Waals surface area contributed by atoms with Crippen LogP contribution in [-0.2, 0) is 4.79 Å². The minimum atomic E-state index is -0.708. The van der Waals surface area contributed by atoms with Crippen molar-refractivity contribution in [2.45, 2.75) is 31.9 Å². The zero-order chi connectivity index (χ0) is 14.4. The highest BCUT2D eigenvalue weighted by molar-refractivity contribution is 5.78. The van der Waals surface area contributed by atoms with Gasteiger partial charge in [-0.2, -0.15) is 0 Å². The third-order valence-electron chi connectivity index (χ3n) is 3.10. The van der Waals surface area contributed by atoms with Gasteiger partial charge in [0.05, 0.1) is 6.54 Å². The molecule has 1 unspecified atom stereocenters. The van der Waals surface area contributed by atoms with Crippen LogP contribution in [0, 0.1) is 6.92 Å². The third-order valence-corrected chi connectivity index (χ3v) is 3.10. The van der Waals surface area contributed by atoms with Crippen molar-refractivity contribution in [3.05, 3.63) is 29.8 Å². The lowest BCUT2D eigenvalue weighted by Gasteiger charge is -2.13. The third kappa shape index (κ3) is 5.59. The van der Waals surface area contributed by atoms with Crippen LogP contribution >= 0.6 is 0 Å². The van der Waals surface area contributed by atoms with Crippen LogP contribution in [0.1, 0.15) is 18.4 Å². The summed E-state index contributed by atoms with van der Waals surface area (Å²) in [6.07, 6.45) is 1.60. The lowest BCUT2D eigenvalue weighted by Crippen LogP contribution is -2.40. The number of aliphatic hydroxyl groups is 1. The number of rotatable bonds is 8. The summed E-state index contributed by atoms with van der Waals surface area (Å²) in [6, 6.07) is 8.15. The van der Waals surface area contributed by atoms with E-state index in [1.807, 2.05) is 31.2 Å². The molecule has 0 spiro atoms. The zero-order valence-corrected chi connectivity index (χ0v) is 11.8. The molecule has 1 atom stereocenters. The van der Waals surface area contributed by atoms with Gasteiger partial charge in [0.1, 0.15) is 18.5 Å². The molecule has 0 bridgehead atoms. The number of benzene rings is 1. The van der Waals surface area contributed by atoms with E-state index < -0.39 is 6.10 Å². The van der Waals surface area contributed by atoms with Gasteiger partial charge in [0, 0.05) is 12.6 Å². The molecule has 1 saturated carbocycles. The number of carbonyl (C=O) groups excluding carboxylic acids is 1. The Morgan fingerprint density at radius 1 is 1.50 bits per heavy atom. The highest BCUT2D eigenvalue weighted by atomic mass is 16.5. The second-order valence-electron chi connectivity index (χ2n) is 5.24. The maximum absolute atomic E-state index is 11.5. The number of hydrogen-bond donors (Lipinski definition) is 3. The Labute approximate surface area is 119 Å². The van der Waals surface area contributed by atoms with Gasteiger partial charge in [-0.1, -0.05) is 12.1 Å². The quantitative estimate of drug-likeness (QED) is 0.651. The van der Waals surface area contributed by atoms with Crippen molar-refractivity contribution in [1.29, 1.82) is 0 Å². The van der Waals surface area contributed by atoms with Crippen LogP contribution in [-0.4, -0.2) is 42.9 Å². The number of amides is 1. The van der Waals surface area contributed by atoms with Crippen LogP contribution in [0.3, 0.4) is 0 Å². The van der Waals surface area contributed by atoms with E-state index in [1.165, 1.54) is 0 Å². The average molecular weight is 278 g/mol. The molecule has 0 aliphatic heterocycles. The van der Waals surface area contributed by atoms with Crippen molar-refractivity contribution < 1.29 is 14.6 Å². The summed E-state index contributed by atoms with van der Waals surface area (Å²) in [5, 5.41) is 15.6. The molecule has 110 valence electrons. The molecule has 1 aromatic rings. The number of nitrogens with one attached hydrogen (secondary N) is 2. The molecule has 0 heterocycles. The van der Waals surface area contributed by atoms with Crippen LogP contribution in [0.2, 0.25) is 0 Å². The smallest absolute Gasteiger partial charge is 0.234 e. The molecule has 20 heavy (non-hydrogen) atoms. The van der Waals surface area contributed by atoms with Gasteiger partial charge in [-0.25, -0.2) is 0 Å². The second-order valence-corrected chi connectivity index (χ2v) is 5.24. The summed E-state index contributed by atoms with van der Waals surface area (Å²) in [6.45, 7) is 2.67. The normalized spacial score (nSPS) is 15.7. The van der Waals surface area contributed by atoms with Crippen LogP contribution in [0.25, 0.3) is 0 Å². The lowest BCUT2D eigenvalue weighted by atomic mass is 10.2. The fraction of sp³-hybridized carbons (Fsp3) is 0.533. The molecule has 1 aliphatic rings. The number of hydrogen-bond acceptors (Lipinski definition) is 4. The van der Waals surface area contributed by atoms with Gasteiger partial charge in [0.15, 0.2) is 0 Å². The molecular weight excluding hydrogens is 256 g/mol. The Hall–Kier alpha value is -1.59. The van der Waals surface area contributed by atoms with Gasteiger partial charge in [-0.05, 0) is 37.5 Å². The Kier molecular flexibility index (Phi) is 5.38. The summed E-state index contributed by atoms with van der Waals surface area (Å²) in [5.41, 5.74) is 1.11. The molecule has 1 aromatic carbocycles. The fourth-order valence-electron chi connectivity index (χ4n) is 1.78. The van der Waals surface area contributed by atoms with Gasteiger partial charge in [0.25, 0.3) is 0 Å². The highest BCUT2D eigenvalue weighted by Crippen LogP contribution is 2.17. The molecule has 1 fully saturated rings. The van der Waals surface area contributed by atoms with E-state index in [2.05, 4.69) is 10.6 Å². The van der Waals surface area contributed by atoms with E-state index in [9.17, 15) is 9.90 Å². The number of aliphatic hydroxyl groups excluding tert-OH is 1. The second kappa shape index (κ2) is 7.26. The SMILES string of the molecule is Cc1cccc(OCC(O)CNC(=O)CNC2CC2)c1. The Morgan fingerprint density at radius 3 is 3.00 bits per heavy atom. The van der Waals surface area contributed by atoms with Crippen LogP contribution in [0.5, 0.6) is 5.75 Å². The molecule has 1 aliphatic carbocycles. The van der Waals surface area contributed by atoms with Gasteiger partial charge < -0.3 is 20.5 Å². The van der Waals surface area contributed by atoms with E-state index in [0.717, 1.165) is 24.2 Å². The maximum Gasteiger partial charge on any atom is 0.234 e. The first-order valence-electron chi connectivity index (χ1n) is 7.01. The monoisotopic (exact) mass is 278 g/mol. The van der Waals surface area contributed by atoms with E-state index in [-0.39, 0.29) is 19.1 Å². The molecule has 3 N–H and O–H groups in total. The minimum absolute atomic E-state index is 0.0912. The van der Waals surface area contributed by atoms with E-state index >= 15 is 0 Å². The number of aryl methyl sites for hydroxylation is 1. The summed E-state index contributed by atoms with van der Waals surface area (Å²) < 4.78 is 5.47. The van der Waals surface area contributed by atoms with Crippen molar-refractivity contribution in [1.82, 2.24) is 10.6 Å². The lowest BCUT2D eigenvalue weighted by molar-refractivity contribution is -0.120. The number of carbonyl (C=O) groups is 1. The van der Waals surface area contributed by atoms with Crippen molar-refractivity contribution in [2.24, 2.45) is 0 Å². The van der Waals surface area contributed by atoms with Crippen molar-refractivity contribution in [2.75, 3.05) is 19.7 Å². The summed E-state index contributed by atoms with van der Waals surface area (Å²) in [5.74, 6) is 0.636. The van der Waals surface area contributed by atoms with E-state index in [0.29, 0.717) is 12.6 Å². The zero-order valence-electron chi connectivity index (χ0n) is 11.8. The number of ether oxygens (including phenoxy) is 1. The maximum atomic E-state index is 11.5. The molecule has 1 amide bonds. The van der Waals surface area contributed by atoms with Crippen LogP contribution in [0.4, 0.5) is 0 Å². The van der Waals surface area contributed by atoms with E-state index in [1.54, 1.807) is 0 Å². The summed E-state index contributed by atoms with van der Waals surface area (Å²) >= 11 is 0. The van der Waals surface area contributed by atoms with Crippen molar-refractivity contribution in [3.63, 3.8) is 0 Å². The Balaban J connectivity index is 1.59. The molecule has 5 heteroatoms. The predicted molar refractivity (Wildman–Crippen MR) is 76.7 cm³/mol. The summed E-state index contributed by atoms with van der Waals surface area (Å²) in [7, 11) is 0. The molecular formula is C15H22N2O3. The molecule has 0 aromatic heterocycles. The van der Waals surface area contributed by atoms with Gasteiger partial charge in [-0.3, -0.25) is 4.79 Å². The highest BCUT2D eigenvalue weighted by Gasteiger charge is 2.21. The van der Waals surface area contributed by atoms with Crippen LogP contribution < -0.4 is 15.4 Å². The Bertz CT molecular complexity index is 446. The fourth-order valence-corrected chi connectivity index (χ4v) is 1.78. The first-order chi connectivity index (χ1) is 9.63. The molecule has 0 saturated heterocycles. The van der Waals surface area contributed by atoms with Crippen LogP contribution in [0.15, 0.2) is 24.3 Å². The van der Waals surface area contributed by atoms with Gasteiger partial charge in [0.2, 0.25) is 5.91 Å². The van der Waals surface area contributed by atoms with Crippen molar-refractivity contribution >= 4 is 5.91 Å². The topological polar surface area (TPSA) is 70.6 Å². The first-order valence-corrected chi connectivity index (χ1v) is 7.01. The minimum Gasteiger partial charge on any atom is -0.491 e.